The molecular formula is C23H26N2O5. The summed E-state index contributed by atoms with van der Waals surface area (Å²) in [7, 11) is 0. The Kier molecular flexibility index (Phi) is 4.06. The maximum atomic E-state index is 13.2. The van der Waals surface area contributed by atoms with Crippen molar-refractivity contribution in [2.75, 3.05) is 12.1 Å². The van der Waals surface area contributed by atoms with Gasteiger partial charge in [-0.25, -0.2) is 4.79 Å². The summed E-state index contributed by atoms with van der Waals surface area (Å²) in [6, 6.07) is 12.9. The van der Waals surface area contributed by atoms with Crippen LogP contribution in [0, 0.1) is 6.92 Å². The van der Waals surface area contributed by atoms with E-state index in [0.717, 1.165) is 35.1 Å². The molecule has 0 saturated heterocycles. The van der Waals surface area contributed by atoms with Gasteiger partial charge in [0.05, 0.1) is 5.41 Å². The van der Waals surface area contributed by atoms with Gasteiger partial charge in [0.25, 0.3) is 0 Å². The first-order valence-corrected chi connectivity index (χ1v) is 9.71. The van der Waals surface area contributed by atoms with Gasteiger partial charge in [-0.3, -0.25) is 4.79 Å². The molecule has 1 fully saturated rings. The van der Waals surface area contributed by atoms with Crippen LogP contribution in [0.3, 0.4) is 0 Å². The molecule has 30 heavy (non-hydrogen) atoms. The van der Waals surface area contributed by atoms with Crippen molar-refractivity contribution in [2.45, 2.75) is 25.2 Å². The van der Waals surface area contributed by atoms with E-state index in [9.17, 15) is 9.59 Å². The van der Waals surface area contributed by atoms with Gasteiger partial charge >= 0.3 is 5.97 Å². The minimum Gasteiger partial charge on any atom is -0.477 e. The number of carbonyl (C=O) groups is 2. The molecule has 5 rings (SSSR count). The van der Waals surface area contributed by atoms with Gasteiger partial charge in [-0.05, 0) is 66.8 Å². The molecule has 0 radical (unpaired) electrons. The number of benzene rings is 2. The number of rotatable bonds is 5. The number of carboxylic acids is 1. The van der Waals surface area contributed by atoms with Gasteiger partial charge in [0.15, 0.2) is 11.5 Å². The fourth-order valence-corrected chi connectivity index (χ4v) is 3.90. The highest BCUT2D eigenvalue weighted by atomic mass is 16.7. The summed E-state index contributed by atoms with van der Waals surface area (Å²) in [4.78, 5) is 27.1. The van der Waals surface area contributed by atoms with Crippen molar-refractivity contribution in [3.8, 4) is 22.6 Å². The Morgan fingerprint density at radius 3 is 2.63 bits per heavy atom. The summed E-state index contributed by atoms with van der Waals surface area (Å²) in [5.74, 6) is 0.301. The van der Waals surface area contributed by atoms with Crippen LogP contribution in [-0.2, 0) is 10.2 Å². The summed E-state index contributed by atoms with van der Waals surface area (Å²) in [6.45, 7) is 2.15. The van der Waals surface area contributed by atoms with Crippen molar-refractivity contribution in [1.82, 2.24) is 4.98 Å². The van der Waals surface area contributed by atoms with Gasteiger partial charge in [0.1, 0.15) is 5.69 Å². The third-order valence-electron chi connectivity index (χ3n) is 5.83. The van der Waals surface area contributed by atoms with E-state index in [1.165, 1.54) is 0 Å². The van der Waals surface area contributed by atoms with Gasteiger partial charge < -0.3 is 24.9 Å². The first kappa shape index (κ1) is 18.3. The summed E-state index contributed by atoms with van der Waals surface area (Å²) in [5.41, 5.74) is 3.78. The number of aromatic amines is 1. The third kappa shape index (κ3) is 2.99. The summed E-state index contributed by atoms with van der Waals surface area (Å²) < 4.78 is 10.8. The topological polar surface area (TPSA) is 101 Å². The molecule has 2 aromatic carbocycles. The molecule has 1 saturated carbocycles. The van der Waals surface area contributed by atoms with Crippen molar-refractivity contribution in [1.29, 1.82) is 0 Å². The van der Waals surface area contributed by atoms with Crippen molar-refractivity contribution < 1.29 is 28.4 Å². The second-order valence-corrected chi connectivity index (χ2v) is 7.74. The number of aryl methyl sites for hydroxylation is 1. The zero-order valence-electron chi connectivity index (χ0n) is 16.3. The second-order valence-electron chi connectivity index (χ2n) is 7.74. The molecule has 7 nitrogen and oxygen atoms in total. The lowest BCUT2D eigenvalue weighted by Crippen LogP contribution is -2.27. The molecule has 0 bridgehead atoms. The maximum absolute atomic E-state index is 13.2. The van der Waals surface area contributed by atoms with Crippen LogP contribution < -0.4 is 14.8 Å². The molecule has 7 heteroatoms. The number of hydrogen-bond donors (Lipinski definition) is 3. The van der Waals surface area contributed by atoms with Crippen LogP contribution >= 0.6 is 0 Å². The number of aromatic carboxylic acids is 1. The molecule has 3 aromatic rings. The van der Waals surface area contributed by atoms with Crippen LogP contribution in [0.2, 0.25) is 0 Å². The zero-order valence-corrected chi connectivity index (χ0v) is 16.3. The van der Waals surface area contributed by atoms with E-state index in [-0.39, 0.29) is 22.7 Å². The number of fused-ring (bicyclic) bond motifs is 1. The second kappa shape index (κ2) is 6.66. The molecule has 1 aliphatic carbocycles. The van der Waals surface area contributed by atoms with E-state index in [1.54, 1.807) is 12.3 Å². The zero-order chi connectivity index (χ0) is 20.9. The number of H-pyrrole nitrogens is 1. The molecule has 0 unspecified atom stereocenters. The van der Waals surface area contributed by atoms with Crippen LogP contribution in [0.1, 0.15) is 38.7 Å². The van der Waals surface area contributed by atoms with E-state index in [1.807, 2.05) is 43.3 Å². The lowest BCUT2D eigenvalue weighted by molar-refractivity contribution is -0.118. The van der Waals surface area contributed by atoms with E-state index in [2.05, 4.69) is 10.3 Å². The van der Waals surface area contributed by atoms with Crippen LogP contribution in [0.4, 0.5) is 5.69 Å². The molecule has 158 valence electrons. The smallest absolute Gasteiger partial charge is 0.352 e. The molecule has 2 aliphatic rings. The number of anilines is 1. The van der Waals surface area contributed by atoms with Gasteiger partial charge in [-0.1, -0.05) is 12.1 Å². The Morgan fingerprint density at radius 1 is 1.10 bits per heavy atom. The lowest BCUT2D eigenvalue weighted by Gasteiger charge is -2.17. The quantitative estimate of drug-likeness (QED) is 0.560. The average molecular weight is 410 g/mol. The number of carboxylic acid groups (broad SMARTS) is 1. The van der Waals surface area contributed by atoms with Crippen molar-refractivity contribution in [3.63, 3.8) is 0 Å². The summed E-state index contributed by atoms with van der Waals surface area (Å²) >= 11 is 0. The van der Waals surface area contributed by atoms with Gasteiger partial charge in [0, 0.05) is 21.7 Å². The Bertz CT molecular complexity index is 1190. The summed E-state index contributed by atoms with van der Waals surface area (Å²) in [6.07, 6.45) is 3.21. The standard InChI is InChI=1S/C23H20N2O5.3H2/c1-13-2-4-16(10-17(13)14-8-18(21(26)27)24-11-14)25-22(28)23(6-7-23)15-3-5-19-20(9-15)30-12-29-19;;;/h2-5,8-11,24H,6-7,12H2,1H3,(H,25,28)(H,26,27);3*1H. The first-order chi connectivity index (χ1) is 14.5. The number of hydrogen-bond acceptors (Lipinski definition) is 4. The van der Waals surface area contributed by atoms with E-state index >= 15 is 0 Å². The highest BCUT2D eigenvalue weighted by molar-refractivity contribution is 6.02. The fourth-order valence-electron chi connectivity index (χ4n) is 3.90. The highest BCUT2D eigenvalue weighted by Crippen LogP contribution is 2.51. The number of aromatic nitrogens is 1. The predicted molar refractivity (Wildman–Crippen MR) is 116 cm³/mol. The van der Waals surface area contributed by atoms with Crippen LogP contribution in [0.15, 0.2) is 48.7 Å². The van der Waals surface area contributed by atoms with E-state index in [0.29, 0.717) is 17.2 Å². The monoisotopic (exact) mass is 410 g/mol. The summed E-state index contributed by atoms with van der Waals surface area (Å²) in [5, 5.41) is 12.2. The molecule has 3 N–H and O–H groups in total. The largest absolute Gasteiger partial charge is 0.477 e. The number of amides is 1. The van der Waals surface area contributed by atoms with Crippen molar-refractivity contribution in [2.24, 2.45) is 0 Å². The van der Waals surface area contributed by atoms with Crippen LogP contribution in [-0.4, -0.2) is 28.8 Å². The minimum atomic E-state index is -1.01. The van der Waals surface area contributed by atoms with E-state index in [4.69, 9.17) is 14.6 Å². The van der Waals surface area contributed by atoms with Crippen molar-refractivity contribution in [3.05, 3.63) is 65.5 Å². The number of ether oxygens (including phenoxy) is 2. The Hall–Kier alpha value is -3.74. The highest BCUT2D eigenvalue weighted by Gasteiger charge is 2.51. The molecule has 0 atom stereocenters. The Balaban J connectivity index is 0.00000128. The van der Waals surface area contributed by atoms with Gasteiger partial charge in [-0.15, -0.1) is 0 Å². The first-order valence-electron chi connectivity index (χ1n) is 9.71. The van der Waals surface area contributed by atoms with Gasteiger partial charge in [-0.2, -0.15) is 0 Å². The molecular weight excluding hydrogens is 384 g/mol. The average Bonchev–Trinajstić information content (AvgIpc) is 3.17. The molecule has 1 aromatic heterocycles. The lowest BCUT2D eigenvalue weighted by atomic mass is 9.94. The van der Waals surface area contributed by atoms with Crippen LogP contribution in [0.25, 0.3) is 11.1 Å². The molecule has 0 spiro atoms. The SMILES string of the molecule is Cc1ccc(NC(=O)C2(c3ccc4c(c3)OCO4)CC2)cc1-c1c[nH]c(C(=O)O)c1.[HH].[HH].[HH]. The molecule has 1 amide bonds. The molecule has 1 aliphatic heterocycles. The third-order valence-corrected chi connectivity index (χ3v) is 5.83. The van der Waals surface area contributed by atoms with Crippen LogP contribution in [0.5, 0.6) is 11.5 Å². The minimum absolute atomic E-state index is 0. The number of carbonyl (C=O) groups excluding carboxylic acids is 1. The fraction of sp³-hybridized carbons (Fsp3) is 0.217. The predicted octanol–water partition coefficient (Wildman–Crippen LogP) is 4.83. The Morgan fingerprint density at radius 2 is 1.90 bits per heavy atom. The van der Waals surface area contributed by atoms with Gasteiger partial charge in [0.2, 0.25) is 12.7 Å². The Labute approximate surface area is 177 Å². The normalized spacial score (nSPS) is 15.6. The maximum Gasteiger partial charge on any atom is 0.352 e. The van der Waals surface area contributed by atoms with E-state index < -0.39 is 11.4 Å². The number of nitrogens with one attached hydrogen (secondary N) is 2. The molecule has 2 heterocycles. The van der Waals surface area contributed by atoms with Crippen molar-refractivity contribution >= 4 is 17.6 Å².